The van der Waals surface area contributed by atoms with Gasteiger partial charge < -0.3 is 10.1 Å². The summed E-state index contributed by atoms with van der Waals surface area (Å²) in [6.07, 6.45) is 2.66. The number of halogens is 1. The van der Waals surface area contributed by atoms with Crippen LogP contribution in [0.5, 0.6) is 5.75 Å². The molecule has 3 nitrogen and oxygen atoms in total. The maximum atomic E-state index is 5.38. The van der Waals surface area contributed by atoms with Gasteiger partial charge in [0, 0.05) is 10.7 Å². The van der Waals surface area contributed by atoms with Crippen LogP contribution in [0.4, 0.5) is 0 Å². The molecule has 0 spiro atoms. The Balaban J connectivity index is 2.25. The van der Waals surface area contributed by atoms with Crippen LogP contribution in [-0.4, -0.2) is 19.1 Å². The van der Waals surface area contributed by atoms with E-state index in [1.807, 2.05) is 31.3 Å². The summed E-state index contributed by atoms with van der Waals surface area (Å²) in [4.78, 5) is 4.44. The van der Waals surface area contributed by atoms with E-state index in [1.165, 1.54) is 5.56 Å². The van der Waals surface area contributed by atoms with E-state index in [1.54, 1.807) is 13.3 Å². The first-order valence-corrected chi connectivity index (χ1v) is 6.94. The van der Waals surface area contributed by atoms with Crippen molar-refractivity contribution in [2.75, 3.05) is 14.2 Å². The Bertz CT molecular complexity index is 545. The molecule has 1 aromatic carbocycles. The molecule has 100 valence electrons. The number of pyridine rings is 1. The summed E-state index contributed by atoms with van der Waals surface area (Å²) in [6.45, 7) is 0. The summed E-state index contributed by atoms with van der Waals surface area (Å²) >= 11 is 3.50. The van der Waals surface area contributed by atoms with Crippen molar-refractivity contribution >= 4 is 15.9 Å². The van der Waals surface area contributed by atoms with Gasteiger partial charge in [-0.3, -0.25) is 4.98 Å². The molecule has 0 saturated heterocycles. The molecule has 0 aliphatic rings. The highest BCUT2D eigenvalue weighted by Crippen LogP contribution is 2.25. The van der Waals surface area contributed by atoms with Crippen molar-refractivity contribution in [3.63, 3.8) is 0 Å². The third-order valence-corrected chi connectivity index (χ3v) is 3.52. The molecule has 0 aliphatic carbocycles. The molecular formula is C15H17BrN2O. The van der Waals surface area contributed by atoms with Crippen molar-refractivity contribution in [2.45, 2.75) is 12.5 Å². The van der Waals surface area contributed by atoms with Gasteiger partial charge in [-0.25, -0.2) is 0 Å². The molecule has 0 saturated carbocycles. The van der Waals surface area contributed by atoms with Gasteiger partial charge >= 0.3 is 0 Å². The zero-order valence-electron chi connectivity index (χ0n) is 11.1. The summed E-state index contributed by atoms with van der Waals surface area (Å²) in [5.41, 5.74) is 2.19. The summed E-state index contributed by atoms with van der Waals surface area (Å²) < 4.78 is 6.47. The number of likely N-dealkylation sites (N-methyl/N-ethyl adjacent to an activating group) is 1. The minimum absolute atomic E-state index is 0.130. The normalized spacial score (nSPS) is 12.2. The Kier molecular flexibility index (Phi) is 4.93. The van der Waals surface area contributed by atoms with Gasteiger partial charge in [0.15, 0.2) is 0 Å². The largest absolute Gasteiger partial charge is 0.495 e. The molecule has 2 aromatic rings. The number of nitrogens with one attached hydrogen (secondary N) is 1. The van der Waals surface area contributed by atoms with E-state index in [-0.39, 0.29) is 6.04 Å². The van der Waals surface area contributed by atoms with Gasteiger partial charge in [-0.1, -0.05) is 28.1 Å². The number of hydrogen-bond donors (Lipinski definition) is 1. The molecular weight excluding hydrogens is 304 g/mol. The fraction of sp³-hybridized carbons (Fsp3) is 0.267. The van der Waals surface area contributed by atoms with Crippen LogP contribution in [0.15, 0.2) is 47.1 Å². The van der Waals surface area contributed by atoms with Crippen molar-refractivity contribution in [2.24, 2.45) is 0 Å². The van der Waals surface area contributed by atoms with Crippen molar-refractivity contribution in [3.8, 4) is 5.75 Å². The lowest BCUT2D eigenvalue weighted by molar-refractivity contribution is 0.396. The predicted octanol–water partition coefficient (Wildman–Crippen LogP) is 3.36. The quantitative estimate of drug-likeness (QED) is 0.917. The summed E-state index contributed by atoms with van der Waals surface area (Å²) in [5, 5.41) is 3.30. The third-order valence-electron chi connectivity index (χ3n) is 3.03. The Labute approximate surface area is 122 Å². The first-order chi connectivity index (χ1) is 9.24. The van der Waals surface area contributed by atoms with Crippen LogP contribution >= 0.6 is 15.9 Å². The number of methoxy groups -OCH3 is 1. The first kappa shape index (κ1) is 14.0. The minimum atomic E-state index is 0.130. The molecule has 4 heteroatoms. The SMILES string of the molecule is CNC(Cc1cccc(Br)c1)c1ncccc1OC. The lowest BCUT2D eigenvalue weighted by Gasteiger charge is -2.18. The van der Waals surface area contributed by atoms with Crippen LogP contribution in [0.2, 0.25) is 0 Å². The van der Waals surface area contributed by atoms with Crippen LogP contribution in [0.25, 0.3) is 0 Å². The molecule has 19 heavy (non-hydrogen) atoms. The van der Waals surface area contributed by atoms with E-state index >= 15 is 0 Å². The number of rotatable bonds is 5. The highest BCUT2D eigenvalue weighted by atomic mass is 79.9. The predicted molar refractivity (Wildman–Crippen MR) is 80.4 cm³/mol. The number of benzene rings is 1. The molecule has 0 aliphatic heterocycles. The average Bonchev–Trinajstić information content (AvgIpc) is 2.45. The second-order valence-electron chi connectivity index (χ2n) is 4.27. The van der Waals surface area contributed by atoms with Gasteiger partial charge in [0.05, 0.1) is 18.8 Å². The van der Waals surface area contributed by atoms with Crippen LogP contribution in [0, 0.1) is 0 Å². The standard InChI is InChI=1S/C15H17BrN2O/c1-17-13(10-11-5-3-6-12(16)9-11)15-14(19-2)7-4-8-18-15/h3-9,13,17H,10H2,1-2H3. The van der Waals surface area contributed by atoms with Crippen LogP contribution in [-0.2, 0) is 6.42 Å². The third kappa shape index (κ3) is 3.55. The Morgan fingerprint density at radius 1 is 1.32 bits per heavy atom. The van der Waals surface area contributed by atoms with E-state index in [2.05, 4.69) is 38.4 Å². The summed E-state index contributed by atoms with van der Waals surface area (Å²) in [7, 11) is 3.61. The first-order valence-electron chi connectivity index (χ1n) is 6.15. The Hall–Kier alpha value is -1.39. The second-order valence-corrected chi connectivity index (χ2v) is 5.18. The maximum absolute atomic E-state index is 5.38. The molecule has 2 rings (SSSR count). The van der Waals surface area contributed by atoms with E-state index in [9.17, 15) is 0 Å². The second kappa shape index (κ2) is 6.68. The van der Waals surface area contributed by atoms with Gasteiger partial charge in [0.1, 0.15) is 5.75 Å². The van der Waals surface area contributed by atoms with Crippen LogP contribution in [0.3, 0.4) is 0 Å². The van der Waals surface area contributed by atoms with Gasteiger partial charge in [-0.15, -0.1) is 0 Å². The van der Waals surface area contributed by atoms with E-state index in [0.717, 1.165) is 22.3 Å². The molecule has 1 aromatic heterocycles. The van der Waals surface area contributed by atoms with Gasteiger partial charge in [-0.05, 0) is 43.3 Å². The monoisotopic (exact) mass is 320 g/mol. The van der Waals surface area contributed by atoms with E-state index < -0.39 is 0 Å². The molecule has 1 heterocycles. The van der Waals surface area contributed by atoms with Crippen molar-refractivity contribution in [1.82, 2.24) is 10.3 Å². The molecule has 0 amide bonds. The minimum Gasteiger partial charge on any atom is -0.495 e. The van der Waals surface area contributed by atoms with Crippen LogP contribution in [0.1, 0.15) is 17.3 Å². The van der Waals surface area contributed by atoms with Crippen LogP contribution < -0.4 is 10.1 Å². The highest BCUT2D eigenvalue weighted by Gasteiger charge is 2.16. The molecule has 0 radical (unpaired) electrons. The zero-order chi connectivity index (χ0) is 13.7. The van der Waals surface area contributed by atoms with E-state index in [4.69, 9.17) is 4.74 Å². The highest BCUT2D eigenvalue weighted by molar-refractivity contribution is 9.10. The van der Waals surface area contributed by atoms with Crippen molar-refractivity contribution in [1.29, 1.82) is 0 Å². The molecule has 1 N–H and O–H groups in total. The fourth-order valence-corrected chi connectivity index (χ4v) is 2.52. The fourth-order valence-electron chi connectivity index (χ4n) is 2.07. The molecule has 1 atom stereocenters. The van der Waals surface area contributed by atoms with Gasteiger partial charge in [-0.2, -0.15) is 0 Å². The summed E-state index contributed by atoms with van der Waals surface area (Å²) in [6, 6.07) is 12.3. The van der Waals surface area contributed by atoms with E-state index in [0.29, 0.717) is 0 Å². The number of ether oxygens (including phenoxy) is 1. The topological polar surface area (TPSA) is 34.2 Å². The Morgan fingerprint density at radius 3 is 2.84 bits per heavy atom. The maximum Gasteiger partial charge on any atom is 0.141 e. The van der Waals surface area contributed by atoms with Crippen molar-refractivity contribution < 1.29 is 4.74 Å². The molecule has 1 unspecified atom stereocenters. The number of nitrogens with zero attached hydrogens (tertiary/aromatic N) is 1. The molecule has 0 bridgehead atoms. The lowest BCUT2D eigenvalue weighted by Crippen LogP contribution is -2.20. The smallest absolute Gasteiger partial charge is 0.141 e. The zero-order valence-corrected chi connectivity index (χ0v) is 12.6. The Morgan fingerprint density at radius 2 is 2.16 bits per heavy atom. The number of hydrogen-bond acceptors (Lipinski definition) is 3. The average molecular weight is 321 g/mol. The summed E-state index contributed by atoms with van der Waals surface area (Å²) in [5.74, 6) is 0.817. The lowest BCUT2D eigenvalue weighted by atomic mass is 10.0. The van der Waals surface area contributed by atoms with Gasteiger partial charge in [0.2, 0.25) is 0 Å². The molecule has 0 fully saturated rings. The van der Waals surface area contributed by atoms with Gasteiger partial charge in [0.25, 0.3) is 0 Å². The number of aromatic nitrogens is 1. The van der Waals surface area contributed by atoms with Crippen molar-refractivity contribution in [3.05, 3.63) is 58.3 Å².